The van der Waals surface area contributed by atoms with Gasteiger partial charge in [-0.25, -0.2) is 14.6 Å². The molecule has 2 aromatic carbocycles. The summed E-state index contributed by atoms with van der Waals surface area (Å²) in [7, 11) is 0. The van der Waals surface area contributed by atoms with Gasteiger partial charge in [-0.05, 0) is 49.4 Å². The number of aryl methyl sites for hydroxylation is 1. The highest BCUT2D eigenvalue weighted by Crippen LogP contribution is 2.30. The SMILES string of the molecule is N#Cc1ccc(-c2nc3cc4c5c(c(=O)oc4cc3oc2=O)CCCC5)cc1. The fourth-order valence-corrected chi connectivity index (χ4v) is 3.83. The quantitative estimate of drug-likeness (QED) is 0.374. The van der Waals surface area contributed by atoms with Crippen LogP contribution in [0.2, 0.25) is 0 Å². The number of nitrogens with zero attached hydrogens (tertiary/aromatic N) is 2. The highest BCUT2D eigenvalue weighted by Gasteiger charge is 2.19. The Kier molecular flexibility index (Phi) is 3.63. The van der Waals surface area contributed by atoms with E-state index in [0.29, 0.717) is 22.2 Å². The van der Waals surface area contributed by atoms with Crippen LogP contribution in [0.1, 0.15) is 29.5 Å². The number of aromatic nitrogens is 1. The highest BCUT2D eigenvalue weighted by atomic mass is 16.4. The molecule has 0 aliphatic heterocycles. The Morgan fingerprint density at radius 2 is 1.61 bits per heavy atom. The van der Waals surface area contributed by atoms with E-state index >= 15 is 0 Å². The molecule has 2 aromatic heterocycles. The number of benzene rings is 2. The van der Waals surface area contributed by atoms with Crippen LogP contribution in [-0.4, -0.2) is 4.98 Å². The first-order chi connectivity index (χ1) is 13.6. The second kappa shape index (κ2) is 6.17. The second-order valence-electron chi connectivity index (χ2n) is 6.91. The third kappa shape index (κ3) is 2.52. The molecule has 136 valence electrons. The largest absolute Gasteiger partial charge is 0.422 e. The van der Waals surface area contributed by atoms with Crippen LogP contribution in [0.15, 0.2) is 54.8 Å². The summed E-state index contributed by atoms with van der Waals surface area (Å²) in [5.74, 6) is 0. The monoisotopic (exact) mass is 370 g/mol. The molecule has 5 rings (SSSR count). The van der Waals surface area contributed by atoms with Crippen molar-refractivity contribution in [3.63, 3.8) is 0 Å². The van der Waals surface area contributed by atoms with Gasteiger partial charge in [-0.15, -0.1) is 0 Å². The van der Waals surface area contributed by atoms with Crippen molar-refractivity contribution in [1.29, 1.82) is 5.26 Å². The molecule has 0 atom stereocenters. The van der Waals surface area contributed by atoms with Crippen molar-refractivity contribution < 1.29 is 8.83 Å². The summed E-state index contributed by atoms with van der Waals surface area (Å²) in [6.45, 7) is 0. The third-order valence-corrected chi connectivity index (χ3v) is 5.22. The van der Waals surface area contributed by atoms with Crippen LogP contribution in [0.4, 0.5) is 0 Å². The average molecular weight is 370 g/mol. The van der Waals surface area contributed by atoms with E-state index in [9.17, 15) is 9.59 Å². The minimum atomic E-state index is -0.586. The van der Waals surface area contributed by atoms with E-state index in [-0.39, 0.29) is 16.9 Å². The Hall–Kier alpha value is -3.72. The van der Waals surface area contributed by atoms with Crippen molar-refractivity contribution in [3.05, 3.63) is 73.9 Å². The molecule has 4 aromatic rings. The van der Waals surface area contributed by atoms with Gasteiger partial charge in [0.1, 0.15) is 11.1 Å². The molecule has 1 aliphatic rings. The van der Waals surface area contributed by atoms with E-state index in [4.69, 9.17) is 14.1 Å². The zero-order valence-electron chi connectivity index (χ0n) is 14.8. The van der Waals surface area contributed by atoms with Crippen molar-refractivity contribution in [2.24, 2.45) is 0 Å². The smallest absolute Gasteiger partial charge is 0.363 e. The van der Waals surface area contributed by atoms with Gasteiger partial charge >= 0.3 is 11.3 Å². The molecular weight excluding hydrogens is 356 g/mol. The second-order valence-corrected chi connectivity index (χ2v) is 6.91. The van der Waals surface area contributed by atoms with Crippen molar-refractivity contribution in [2.45, 2.75) is 25.7 Å². The number of rotatable bonds is 1. The fourth-order valence-electron chi connectivity index (χ4n) is 3.83. The Bertz CT molecular complexity index is 1410. The van der Waals surface area contributed by atoms with Crippen LogP contribution in [0.3, 0.4) is 0 Å². The third-order valence-electron chi connectivity index (χ3n) is 5.22. The maximum atomic E-state index is 12.4. The van der Waals surface area contributed by atoms with Gasteiger partial charge in [0, 0.05) is 22.6 Å². The van der Waals surface area contributed by atoms with Gasteiger partial charge in [-0.1, -0.05) is 12.1 Å². The van der Waals surface area contributed by atoms with Crippen LogP contribution < -0.4 is 11.3 Å². The van der Waals surface area contributed by atoms with Gasteiger partial charge in [0.25, 0.3) is 0 Å². The number of fused-ring (bicyclic) bond motifs is 4. The minimum Gasteiger partial charge on any atom is -0.422 e. The molecule has 0 N–H and O–H groups in total. The summed E-state index contributed by atoms with van der Waals surface area (Å²) in [4.78, 5) is 29.2. The van der Waals surface area contributed by atoms with Gasteiger partial charge < -0.3 is 8.83 Å². The van der Waals surface area contributed by atoms with Crippen molar-refractivity contribution >= 4 is 22.1 Å². The lowest BCUT2D eigenvalue weighted by molar-refractivity contribution is 0.529. The predicted molar refractivity (Wildman–Crippen MR) is 103 cm³/mol. The summed E-state index contributed by atoms with van der Waals surface area (Å²) in [5, 5.41) is 9.78. The fraction of sp³-hybridized carbons (Fsp3) is 0.182. The Morgan fingerprint density at radius 3 is 2.36 bits per heavy atom. The normalized spacial score (nSPS) is 13.4. The van der Waals surface area contributed by atoms with Gasteiger partial charge in [-0.2, -0.15) is 5.26 Å². The van der Waals surface area contributed by atoms with Gasteiger partial charge in [0.05, 0.1) is 11.6 Å². The standard InChI is InChI=1S/C22H14N2O4/c23-11-12-5-7-13(8-6-12)20-22(26)28-19-10-18-16(9-17(19)24-20)14-3-1-2-4-15(14)21(25)27-18/h5-10H,1-4H2. The van der Waals surface area contributed by atoms with Gasteiger partial charge in [-0.3, -0.25) is 0 Å². The molecule has 1 aliphatic carbocycles. The van der Waals surface area contributed by atoms with Crippen molar-refractivity contribution in [3.8, 4) is 17.3 Å². The number of nitriles is 1. The predicted octanol–water partition coefficient (Wildman–Crippen LogP) is 3.71. The summed E-state index contributed by atoms with van der Waals surface area (Å²) < 4.78 is 10.9. The molecule has 0 fully saturated rings. The van der Waals surface area contributed by atoms with Crippen LogP contribution in [0, 0.1) is 11.3 Å². The average Bonchev–Trinajstić information content (AvgIpc) is 2.73. The van der Waals surface area contributed by atoms with Crippen molar-refractivity contribution in [1.82, 2.24) is 4.98 Å². The summed E-state index contributed by atoms with van der Waals surface area (Å²) >= 11 is 0. The lowest BCUT2D eigenvalue weighted by Crippen LogP contribution is -2.16. The minimum absolute atomic E-state index is 0.183. The molecule has 0 spiro atoms. The zero-order chi connectivity index (χ0) is 19.3. The van der Waals surface area contributed by atoms with Crippen LogP contribution in [0.5, 0.6) is 0 Å². The Balaban J connectivity index is 1.77. The molecule has 28 heavy (non-hydrogen) atoms. The van der Waals surface area contributed by atoms with Gasteiger partial charge in [0.15, 0.2) is 11.3 Å². The molecule has 0 saturated carbocycles. The topological polar surface area (TPSA) is 97.1 Å². The Labute approximate surface area is 158 Å². The number of hydrogen-bond acceptors (Lipinski definition) is 6. The zero-order valence-corrected chi connectivity index (χ0v) is 14.8. The number of hydrogen-bond donors (Lipinski definition) is 0. The lowest BCUT2D eigenvalue weighted by atomic mass is 9.90. The van der Waals surface area contributed by atoms with E-state index in [1.807, 2.05) is 12.1 Å². The van der Waals surface area contributed by atoms with E-state index in [1.165, 1.54) is 0 Å². The van der Waals surface area contributed by atoms with Crippen LogP contribution in [-0.2, 0) is 12.8 Å². The van der Waals surface area contributed by atoms with E-state index in [2.05, 4.69) is 4.98 Å². The highest BCUT2D eigenvalue weighted by molar-refractivity contribution is 5.93. The van der Waals surface area contributed by atoms with Crippen LogP contribution >= 0.6 is 0 Å². The molecule has 0 radical (unpaired) electrons. The maximum Gasteiger partial charge on any atom is 0.363 e. The summed E-state index contributed by atoms with van der Waals surface area (Å²) in [5.41, 5.74) is 3.31. The van der Waals surface area contributed by atoms with Crippen molar-refractivity contribution in [2.75, 3.05) is 0 Å². The lowest BCUT2D eigenvalue weighted by Gasteiger charge is -2.16. The van der Waals surface area contributed by atoms with E-state index in [0.717, 1.165) is 42.2 Å². The van der Waals surface area contributed by atoms with E-state index < -0.39 is 5.63 Å². The summed E-state index contributed by atoms with van der Waals surface area (Å²) in [6.07, 6.45) is 3.55. The first-order valence-electron chi connectivity index (χ1n) is 9.08. The molecule has 6 nitrogen and oxygen atoms in total. The maximum absolute atomic E-state index is 12.4. The summed E-state index contributed by atoms with van der Waals surface area (Å²) in [6, 6.07) is 12.0. The Morgan fingerprint density at radius 1 is 0.893 bits per heavy atom. The van der Waals surface area contributed by atoms with Gasteiger partial charge in [0.2, 0.25) is 0 Å². The first-order valence-corrected chi connectivity index (χ1v) is 9.08. The first kappa shape index (κ1) is 16.5. The molecular formula is C22H14N2O4. The molecule has 0 saturated heterocycles. The molecule has 6 heteroatoms. The molecule has 2 heterocycles. The van der Waals surface area contributed by atoms with E-state index in [1.54, 1.807) is 30.3 Å². The molecule has 0 bridgehead atoms. The molecule has 0 unspecified atom stereocenters. The van der Waals surface area contributed by atoms with Crippen LogP contribution in [0.25, 0.3) is 33.3 Å². The molecule has 0 amide bonds.